The average molecular weight is 707 g/mol. The molecule has 0 saturated heterocycles. The number of nitrogens with zero attached hydrogens (tertiary/aromatic N) is 6. The Labute approximate surface area is 352 Å². The van der Waals surface area contributed by atoms with Gasteiger partial charge in [-0.05, 0) is 35.4 Å². The molecule has 0 bridgehead atoms. The zero-order chi connectivity index (χ0) is 30.9. The summed E-state index contributed by atoms with van der Waals surface area (Å²) < 4.78 is 69.3. The van der Waals surface area contributed by atoms with Crippen LogP contribution in [0.2, 0.25) is 0 Å². The maximum absolute atomic E-state index is 12.3. The van der Waals surface area contributed by atoms with Crippen molar-refractivity contribution < 1.29 is 132 Å². The summed E-state index contributed by atoms with van der Waals surface area (Å²) in [6.07, 6.45) is 5.67. The van der Waals surface area contributed by atoms with Crippen LogP contribution in [0.3, 0.4) is 0 Å². The van der Waals surface area contributed by atoms with E-state index in [9.17, 15) is 25.9 Å². The number of rotatable bonds is 8. The predicted molar refractivity (Wildman–Crippen MR) is 164 cm³/mol. The van der Waals surface area contributed by atoms with Crippen molar-refractivity contribution >= 4 is 32.4 Å². The van der Waals surface area contributed by atoms with Crippen LogP contribution in [0, 0.1) is 0 Å². The SMILES string of the molecule is O=S(=O)(O)c1cc(-n2ncc(-c3ccccc3)n2)ccc1/C=C/c1ccc(-n2ncc(-c3ccccc3)n2)cc1S(=O)(=O)O.[H-].[H-].[K+].[K+]. The zero-order valence-corrected chi connectivity index (χ0v) is 32.5. The van der Waals surface area contributed by atoms with Crippen LogP contribution >= 0.6 is 0 Å². The molecular weight excluding hydrogens is 683 g/mol. The normalized spacial score (nSPS) is 11.6. The molecule has 0 atom stereocenters. The second kappa shape index (κ2) is 15.5. The van der Waals surface area contributed by atoms with Crippen LogP contribution in [0.1, 0.15) is 14.0 Å². The van der Waals surface area contributed by atoms with Crippen molar-refractivity contribution in [2.24, 2.45) is 0 Å². The summed E-state index contributed by atoms with van der Waals surface area (Å²) in [6, 6.07) is 26.9. The van der Waals surface area contributed by atoms with Crippen LogP contribution in [-0.4, -0.2) is 55.9 Å². The molecule has 16 heteroatoms. The van der Waals surface area contributed by atoms with Gasteiger partial charge in [0.1, 0.15) is 21.2 Å². The second-order valence-electron chi connectivity index (χ2n) is 9.50. The zero-order valence-electron chi connectivity index (χ0n) is 26.6. The van der Waals surface area contributed by atoms with Gasteiger partial charge in [-0.25, -0.2) is 0 Å². The van der Waals surface area contributed by atoms with Crippen molar-refractivity contribution in [1.82, 2.24) is 30.0 Å². The summed E-state index contributed by atoms with van der Waals surface area (Å²) in [5, 5.41) is 17.2. The molecule has 12 nitrogen and oxygen atoms in total. The molecule has 0 aliphatic heterocycles. The standard InChI is InChI=1S/C30H22N6O6S2.2K.2H/c37-43(38,39)29-17-25(35-31-19-27(33-35)21-7-3-1-4-8-21)15-13-23(29)11-12-24-14-16-26(18-30(24)44(40,41)42)36-32-20-28(34-36)22-9-5-2-6-10-22;;;;/h1-20H,(H,37,38,39)(H,40,41,42);;;;/q;2*+1;2*-1/b12-11+;;;;. The van der Waals surface area contributed by atoms with E-state index in [1.807, 2.05) is 60.7 Å². The van der Waals surface area contributed by atoms with Gasteiger partial charge in [0, 0.05) is 11.1 Å². The number of hydrogen-bond acceptors (Lipinski definition) is 8. The van der Waals surface area contributed by atoms with Crippen LogP contribution in [0.15, 0.2) is 119 Å². The molecule has 6 aromatic rings. The summed E-state index contributed by atoms with van der Waals surface area (Å²) in [5.74, 6) is 0. The first-order valence-electron chi connectivity index (χ1n) is 12.9. The van der Waals surface area contributed by atoms with Gasteiger partial charge in [0.15, 0.2) is 0 Å². The van der Waals surface area contributed by atoms with Crippen LogP contribution in [0.5, 0.6) is 0 Å². The van der Waals surface area contributed by atoms with Gasteiger partial charge < -0.3 is 2.85 Å². The molecule has 4 aromatic carbocycles. The quantitative estimate of drug-likeness (QED) is 0.115. The largest absolute Gasteiger partial charge is 1.00 e. The van der Waals surface area contributed by atoms with E-state index in [1.165, 1.54) is 58.4 Å². The first-order valence-corrected chi connectivity index (χ1v) is 15.8. The van der Waals surface area contributed by atoms with Gasteiger partial charge in [-0.1, -0.05) is 84.9 Å². The Hall–Kier alpha value is -2.01. The molecule has 0 spiro atoms. The smallest absolute Gasteiger partial charge is 1.00 e. The van der Waals surface area contributed by atoms with Gasteiger partial charge in [-0.3, -0.25) is 9.11 Å². The van der Waals surface area contributed by atoms with E-state index < -0.39 is 30.0 Å². The monoisotopic (exact) mass is 706 g/mol. The minimum absolute atomic E-state index is 0. The third kappa shape index (κ3) is 8.52. The second-order valence-corrected chi connectivity index (χ2v) is 12.3. The predicted octanol–water partition coefficient (Wildman–Crippen LogP) is -0.921. The molecule has 224 valence electrons. The van der Waals surface area contributed by atoms with E-state index in [0.29, 0.717) is 11.4 Å². The van der Waals surface area contributed by atoms with Crippen molar-refractivity contribution in [3.63, 3.8) is 0 Å². The molecule has 0 radical (unpaired) electrons. The third-order valence-electron chi connectivity index (χ3n) is 6.58. The molecule has 0 amide bonds. The summed E-state index contributed by atoms with van der Waals surface area (Å²) in [4.78, 5) is 1.55. The van der Waals surface area contributed by atoms with Crippen molar-refractivity contribution in [3.8, 4) is 33.9 Å². The third-order valence-corrected chi connectivity index (χ3v) is 8.40. The Kier molecular flexibility index (Phi) is 12.4. The Balaban J connectivity index is 0.00000200. The van der Waals surface area contributed by atoms with E-state index in [4.69, 9.17) is 0 Å². The van der Waals surface area contributed by atoms with E-state index in [1.54, 1.807) is 12.1 Å². The van der Waals surface area contributed by atoms with Gasteiger partial charge >= 0.3 is 103 Å². The Morgan fingerprint density at radius 1 is 0.565 bits per heavy atom. The molecule has 0 fully saturated rings. The molecule has 2 aromatic heterocycles. The van der Waals surface area contributed by atoms with E-state index >= 15 is 0 Å². The van der Waals surface area contributed by atoms with E-state index in [2.05, 4.69) is 20.4 Å². The van der Waals surface area contributed by atoms with Crippen LogP contribution < -0.4 is 103 Å². The molecule has 2 heterocycles. The maximum atomic E-state index is 12.3. The van der Waals surface area contributed by atoms with Gasteiger partial charge in [0.25, 0.3) is 20.2 Å². The van der Waals surface area contributed by atoms with Gasteiger partial charge in [0.05, 0.1) is 23.8 Å². The van der Waals surface area contributed by atoms with Crippen LogP contribution in [0.25, 0.3) is 46.0 Å². The van der Waals surface area contributed by atoms with Crippen molar-refractivity contribution in [2.45, 2.75) is 9.79 Å². The number of aromatic nitrogens is 6. The van der Waals surface area contributed by atoms with Crippen molar-refractivity contribution in [1.29, 1.82) is 0 Å². The summed E-state index contributed by atoms with van der Waals surface area (Å²) >= 11 is 0. The first kappa shape index (κ1) is 36.8. The molecule has 0 aliphatic carbocycles. The molecule has 6 rings (SSSR count). The maximum Gasteiger partial charge on any atom is 1.00 e. The van der Waals surface area contributed by atoms with Gasteiger partial charge in [-0.2, -0.15) is 36.6 Å². The van der Waals surface area contributed by atoms with E-state index in [0.717, 1.165) is 11.1 Å². The first-order chi connectivity index (χ1) is 21.1. The molecular formula is C30H24K2N6O6S2. The van der Waals surface area contributed by atoms with Gasteiger partial charge in [0.2, 0.25) is 0 Å². The van der Waals surface area contributed by atoms with Gasteiger partial charge in [-0.15, -0.1) is 10.2 Å². The molecule has 0 saturated carbocycles. The fourth-order valence-corrected chi connectivity index (χ4v) is 5.86. The van der Waals surface area contributed by atoms with Crippen LogP contribution in [0.4, 0.5) is 0 Å². The summed E-state index contributed by atoms with van der Waals surface area (Å²) in [7, 11) is -9.45. The molecule has 0 unspecified atom stereocenters. The fourth-order valence-electron chi connectivity index (χ4n) is 4.45. The number of hydrogen-bond donors (Lipinski definition) is 2. The van der Waals surface area contributed by atoms with E-state index in [-0.39, 0.29) is 128 Å². The van der Waals surface area contributed by atoms with Crippen molar-refractivity contribution in [3.05, 3.63) is 121 Å². The molecule has 0 aliphatic rings. The topological polar surface area (TPSA) is 170 Å². The Morgan fingerprint density at radius 2 is 0.935 bits per heavy atom. The van der Waals surface area contributed by atoms with Crippen molar-refractivity contribution in [2.75, 3.05) is 0 Å². The summed E-state index contributed by atoms with van der Waals surface area (Å²) in [5.41, 5.74) is 3.39. The Bertz CT molecular complexity index is 2090. The molecule has 46 heavy (non-hydrogen) atoms. The fraction of sp³-hybridized carbons (Fsp3) is 0. The van der Waals surface area contributed by atoms with Crippen LogP contribution in [-0.2, 0) is 20.2 Å². The number of benzene rings is 4. The average Bonchev–Trinajstić information content (AvgIpc) is 3.71. The summed E-state index contributed by atoms with van der Waals surface area (Å²) in [6.45, 7) is 0. The minimum Gasteiger partial charge on any atom is -1.00 e. The Morgan fingerprint density at radius 3 is 1.28 bits per heavy atom. The minimum atomic E-state index is -4.72. The molecule has 2 N–H and O–H groups in total.